The highest BCUT2D eigenvalue weighted by molar-refractivity contribution is 5.85. The Labute approximate surface area is 140 Å². The second kappa shape index (κ2) is 11.7. The molecular formula is C16H32ClN3O2. The van der Waals surface area contributed by atoms with Crippen molar-refractivity contribution in [1.29, 1.82) is 0 Å². The molecule has 0 radical (unpaired) electrons. The third-order valence-corrected chi connectivity index (χ3v) is 4.50. The van der Waals surface area contributed by atoms with E-state index in [2.05, 4.69) is 10.6 Å². The lowest BCUT2D eigenvalue weighted by atomic mass is 9.87. The number of rotatable bonds is 8. The van der Waals surface area contributed by atoms with E-state index in [1.54, 1.807) is 0 Å². The normalized spacial score (nSPS) is 18.0. The lowest BCUT2D eigenvalue weighted by Crippen LogP contribution is -2.46. The Morgan fingerprint density at radius 2 is 1.73 bits per heavy atom. The van der Waals surface area contributed by atoms with E-state index in [0.717, 1.165) is 6.42 Å². The molecule has 0 aromatic heterocycles. The van der Waals surface area contributed by atoms with Crippen LogP contribution in [0.25, 0.3) is 0 Å². The molecule has 2 unspecified atom stereocenters. The topological polar surface area (TPSA) is 84.2 Å². The molecule has 0 aromatic rings. The molecule has 0 bridgehead atoms. The minimum atomic E-state index is -0.465. The van der Waals surface area contributed by atoms with Crippen LogP contribution in [0.5, 0.6) is 0 Å². The fraction of sp³-hybridized carbons (Fsp3) is 0.875. The quantitative estimate of drug-likeness (QED) is 0.594. The first-order chi connectivity index (χ1) is 10.0. The van der Waals surface area contributed by atoms with Crippen LogP contribution in [0, 0.1) is 11.8 Å². The first kappa shape index (κ1) is 21.2. The molecule has 6 heteroatoms. The summed E-state index contributed by atoms with van der Waals surface area (Å²) < 4.78 is 0. The van der Waals surface area contributed by atoms with Gasteiger partial charge in [-0.25, -0.2) is 0 Å². The molecule has 2 atom stereocenters. The van der Waals surface area contributed by atoms with Crippen molar-refractivity contribution in [3.63, 3.8) is 0 Å². The van der Waals surface area contributed by atoms with Crippen LogP contribution in [0.1, 0.15) is 58.8 Å². The zero-order valence-electron chi connectivity index (χ0n) is 13.9. The van der Waals surface area contributed by atoms with Gasteiger partial charge in [0, 0.05) is 19.5 Å². The summed E-state index contributed by atoms with van der Waals surface area (Å²) in [5.41, 5.74) is 5.84. The standard InChI is InChI=1S/C16H31N3O2.ClH/c1-3-12(2)15(17)16(21)19-10-9-18-14(20)11-13-7-5-4-6-8-13;/h12-13,15H,3-11,17H2,1-2H3,(H,18,20)(H,19,21);1H. The van der Waals surface area contributed by atoms with E-state index in [-0.39, 0.29) is 30.1 Å². The highest BCUT2D eigenvalue weighted by Gasteiger charge is 2.19. The molecule has 0 saturated heterocycles. The van der Waals surface area contributed by atoms with Crippen LogP contribution in [-0.4, -0.2) is 30.9 Å². The van der Waals surface area contributed by atoms with Gasteiger partial charge >= 0.3 is 0 Å². The Kier molecular flexibility index (Phi) is 11.3. The van der Waals surface area contributed by atoms with Crippen molar-refractivity contribution in [2.24, 2.45) is 17.6 Å². The molecule has 1 rings (SSSR count). The van der Waals surface area contributed by atoms with Gasteiger partial charge in [0.1, 0.15) is 0 Å². The molecule has 0 spiro atoms. The van der Waals surface area contributed by atoms with E-state index < -0.39 is 6.04 Å². The van der Waals surface area contributed by atoms with Gasteiger partial charge in [0.25, 0.3) is 0 Å². The molecule has 0 aliphatic heterocycles. The molecule has 0 aromatic carbocycles. The average molecular weight is 334 g/mol. The van der Waals surface area contributed by atoms with E-state index in [9.17, 15) is 9.59 Å². The number of halogens is 1. The second-order valence-corrected chi connectivity index (χ2v) is 6.26. The third kappa shape index (κ3) is 7.99. The molecule has 5 nitrogen and oxygen atoms in total. The third-order valence-electron chi connectivity index (χ3n) is 4.50. The molecular weight excluding hydrogens is 302 g/mol. The zero-order valence-corrected chi connectivity index (χ0v) is 14.7. The average Bonchev–Trinajstić information content (AvgIpc) is 2.50. The number of amides is 2. The van der Waals surface area contributed by atoms with Gasteiger partial charge in [-0.3, -0.25) is 9.59 Å². The Bertz CT molecular complexity index is 333. The summed E-state index contributed by atoms with van der Waals surface area (Å²) in [5.74, 6) is 0.686. The number of nitrogens with one attached hydrogen (secondary N) is 2. The Balaban J connectivity index is 0.00000441. The molecule has 1 fully saturated rings. The summed E-state index contributed by atoms with van der Waals surface area (Å²) in [4.78, 5) is 23.6. The van der Waals surface area contributed by atoms with Gasteiger partial charge in [-0.2, -0.15) is 0 Å². The highest BCUT2D eigenvalue weighted by atomic mass is 35.5. The van der Waals surface area contributed by atoms with Gasteiger partial charge in [-0.1, -0.05) is 39.5 Å². The van der Waals surface area contributed by atoms with Gasteiger partial charge < -0.3 is 16.4 Å². The Morgan fingerprint density at radius 1 is 1.14 bits per heavy atom. The van der Waals surface area contributed by atoms with E-state index in [0.29, 0.717) is 25.4 Å². The minimum Gasteiger partial charge on any atom is -0.354 e. The van der Waals surface area contributed by atoms with Crippen molar-refractivity contribution >= 4 is 24.2 Å². The lowest BCUT2D eigenvalue weighted by molar-refractivity contribution is -0.124. The van der Waals surface area contributed by atoms with Crippen LogP contribution in [0.2, 0.25) is 0 Å². The maximum absolute atomic E-state index is 11.8. The van der Waals surface area contributed by atoms with Crippen LogP contribution in [0.15, 0.2) is 0 Å². The van der Waals surface area contributed by atoms with E-state index in [1.165, 1.54) is 32.1 Å². The number of hydrogen-bond donors (Lipinski definition) is 3. The van der Waals surface area contributed by atoms with Crippen molar-refractivity contribution < 1.29 is 9.59 Å². The predicted octanol–water partition coefficient (Wildman–Crippen LogP) is 1.98. The molecule has 1 aliphatic rings. The summed E-state index contributed by atoms with van der Waals surface area (Å²) in [6.07, 6.45) is 7.67. The molecule has 1 aliphatic carbocycles. The van der Waals surface area contributed by atoms with Gasteiger partial charge in [0.05, 0.1) is 6.04 Å². The van der Waals surface area contributed by atoms with Crippen LogP contribution in [0.3, 0.4) is 0 Å². The minimum absolute atomic E-state index is 0. The van der Waals surface area contributed by atoms with Crippen molar-refractivity contribution in [2.45, 2.75) is 64.8 Å². The Hall–Kier alpha value is -0.810. The number of carbonyl (C=O) groups is 2. The van der Waals surface area contributed by atoms with Crippen LogP contribution < -0.4 is 16.4 Å². The number of carbonyl (C=O) groups excluding carboxylic acids is 2. The summed E-state index contributed by atoms with van der Waals surface area (Å²) in [5, 5.41) is 5.65. The fourth-order valence-corrected chi connectivity index (χ4v) is 2.74. The van der Waals surface area contributed by atoms with Gasteiger partial charge in [-0.15, -0.1) is 12.4 Å². The smallest absolute Gasteiger partial charge is 0.237 e. The predicted molar refractivity (Wildman–Crippen MR) is 91.9 cm³/mol. The Morgan fingerprint density at radius 3 is 2.32 bits per heavy atom. The molecule has 2 amide bonds. The molecule has 130 valence electrons. The maximum atomic E-state index is 11.8. The van der Waals surface area contributed by atoms with Crippen LogP contribution in [0.4, 0.5) is 0 Å². The van der Waals surface area contributed by atoms with Crippen molar-refractivity contribution in [1.82, 2.24) is 10.6 Å². The van der Waals surface area contributed by atoms with Gasteiger partial charge in [0.2, 0.25) is 11.8 Å². The number of hydrogen-bond acceptors (Lipinski definition) is 3. The highest BCUT2D eigenvalue weighted by Crippen LogP contribution is 2.25. The zero-order chi connectivity index (χ0) is 15.7. The van der Waals surface area contributed by atoms with Gasteiger partial charge in [0.15, 0.2) is 0 Å². The first-order valence-electron chi connectivity index (χ1n) is 8.34. The van der Waals surface area contributed by atoms with Crippen molar-refractivity contribution in [2.75, 3.05) is 13.1 Å². The number of nitrogens with two attached hydrogens (primary N) is 1. The molecule has 0 heterocycles. The van der Waals surface area contributed by atoms with Crippen LogP contribution in [-0.2, 0) is 9.59 Å². The summed E-state index contributed by atoms with van der Waals surface area (Å²) >= 11 is 0. The fourth-order valence-electron chi connectivity index (χ4n) is 2.74. The first-order valence-corrected chi connectivity index (χ1v) is 8.34. The summed E-state index contributed by atoms with van der Waals surface area (Å²) in [7, 11) is 0. The second-order valence-electron chi connectivity index (χ2n) is 6.26. The molecule has 4 N–H and O–H groups in total. The summed E-state index contributed by atoms with van der Waals surface area (Å²) in [6, 6.07) is -0.465. The monoisotopic (exact) mass is 333 g/mol. The SMILES string of the molecule is CCC(C)C(N)C(=O)NCCNC(=O)CC1CCCCC1.Cl. The van der Waals surface area contributed by atoms with E-state index >= 15 is 0 Å². The van der Waals surface area contributed by atoms with E-state index in [4.69, 9.17) is 5.73 Å². The molecule has 1 saturated carbocycles. The van der Waals surface area contributed by atoms with Gasteiger partial charge in [-0.05, 0) is 24.7 Å². The van der Waals surface area contributed by atoms with Crippen LogP contribution >= 0.6 is 12.4 Å². The van der Waals surface area contributed by atoms with Crippen molar-refractivity contribution in [3.8, 4) is 0 Å². The molecule has 22 heavy (non-hydrogen) atoms. The summed E-state index contributed by atoms with van der Waals surface area (Å²) in [6.45, 7) is 4.91. The lowest BCUT2D eigenvalue weighted by Gasteiger charge is -2.21. The maximum Gasteiger partial charge on any atom is 0.237 e. The van der Waals surface area contributed by atoms with Crippen molar-refractivity contribution in [3.05, 3.63) is 0 Å². The largest absolute Gasteiger partial charge is 0.354 e. The van der Waals surface area contributed by atoms with E-state index in [1.807, 2.05) is 13.8 Å².